The normalized spacial score (nSPS) is 15.1. The summed E-state index contributed by atoms with van der Waals surface area (Å²) >= 11 is 6.16. The van der Waals surface area contributed by atoms with E-state index >= 15 is 0 Å². The quantitative estimate of drug-likeness (QED) is 0.800. The minimum absolute atomic E-state index is 0.628. The van der Waals surface area contributed by atoms with Crippen molar-refractivity contribution in [3.8, 4) is 6.07 Å². The number of hydrogen-bond donors (Lipinski definition) is 0. The first-order valence-corrected chi connectivity index (χ1v) is 6.05. The molecule has 1 aliphatic carbocycles. The Kier molecular flexibility index (Phi) is 3.48. The summed E-state index contributed by atoms with van der Waals surface area (Å²) in [6.07, 6.45) is 2.61. The lowest BCUT2D eigenvalue weighted by Crippen LogP contribution is -2.25. The summed E-state index contributed by atoms with van der Waals surface area (Å²) in [6.45, 7) is 4.13. The zero-order valence-electron chi connectivity index (χ0n) is 9.41. The highest BCUT2D eigenvalue weighted by Crippen LogP contribution is 2.29. The minimum Gasteiger partial charge on any atom is -0.296 e. The zero-order valence-corrected chi connectivity index (χ0v) is 10.2. The Morgan fingerprint density at radius 3 is 2.75 bits per heavy atom. The Labute approximate surface area is 101 Å². The lowest BCUT2D eigenvalue weighted by molar-refractivity contribution is 0.269. The Bertz CT molecular complexity index is 418. The molecule has 1 aliphatic rings. The average molecular weight is 235 g/mol. The van der Waals surface area contributed by atoms with E-state index in [1.165, 1.54) is 12.8 Å². The van der Waals surface area contributed by atoms with Crippen LogP contribution >= 0.6 is 11.6 Å². The van der Waals surface area contributed by atoms with Crippen LogP contribution in [0, 0.1) is 11.3 Å². The zero-order chi connectivity index (χ0) is 11.5. The molecule has 0 unspecified atom stereocenters. The van der Waals surface area contributed by atoms with Crippen molar-refractivity contribution in [1.82, 2.24) is 4.90 Å². The van der Waals surface area contributed by atoms with Gasteiger partial charge in [-0.2, -0.15) is 5.26 Å². The summed E-state index contributed by atoms with van der Waals surface area (Å²) in [4.78, 5) is 2.44. The number of hydrogen-bond acceptors (Lipinski definition) is 2. The van der Waals surface area contributed by atoms with Gasteiger partial charge in [0.05, 0.1) is 11.6 Å². The first kappa shape index (κ1) is 11.4. The van der Waals surface area contributed by atoms with Gasteiger partial charge in [0.25, 0.3) is 0 Å². The predicted molar refractivity (Wildman–Crippen MR) is 65.3 cm³/mol. The second-order valence-electron chi connectivity index (χ2n) is 4.21. The summed E-state index contributed by atoms with van der Waals surface area (Å²) in [5.41, 5.74) is 1.75. The lowest BCUT2D eigenvalue weighted by Gasteiger charge is -2.20. The Hall–Kier alpha value is -1.04. The van der Waals surface area contributed by atoms with Crippen LogP contribution in [0.5, 0.6) is 0 Å². The minimum atomic E-state index is 0.628. The molecule has 0 radical (unpaired) electrons. The van der Waals surface area contributed by atoms with Gasteiger partial charge in [-0.1, -0.05) is 24.6 Å². The standard InChI is InChI=1S/C13H15ClN2/c1-2-16(12-5-6-12)9-11-4-3-10(8-15)7-13(11)14/h3-4,7,12H,2,5-6,9H2,1H3. The van der Waals surface area contributed by atoms with Crippen molar-refractivity contribution in [3.63, 3.8) is 0 Å². The van der Waals surface area contributed by atoms with Crippen LogP contribution in [0.3, 0.4) is 0 Å². The van der Waals surface area contributed by atoms with Crippen LogP contribution in [-0.2, 0) is 6.54 Å². The van der Waals surface area contributed by atoms with E-state index in [0.29, 0.717) is 10.6 Å². The third-order valence-electron chi connectivity index (χ3n) is 3.03. The maximum absolute atomic E-state index is 8.76. The molecule has 0 heterocycles. The Morgan fingerprint density at radius 1 is 1.50 bits per heavy atom. The monoisotopic (exact) mass is 234 g/mol. The molecule has 3 heteroatoms. The largest absolute Gasteiger partial charge is 0.296 e. The van der Waals surface area contributed by atoms with Gasteiger partial charge in [0.15, 0.2) is 0 Å². The van der Waals surface area contributed by atoms with E-state index in [1.54, 1.807) is 6.07 Å². The van der Waals surface area contributed by atoms with E-state index < -0.39 is 0 Å². The van der Waals surface area contributed by atoms with E-state index in [9.17, 15) is 0 Å². The molecule has 2 rings (SSSR count). The molecule has 1 aromatic carbocycles. The van der Waals surface area contributed by atoms with Crippen molar-refractivity contribution < 1.29 is 0 Å². The molecule has 1 saturated carbocycles. The molecule has 84 valence electrons. The van der Waals surface area contributed by atoms with Crippen molar-refractivity contribution >= 4 is 11.6 Å². The fourth-order valence-corrected chi connectivity index (χ4v) is 2.14. The van der Waals surface area contributed by atoms with E-state index in [-0.39, 0.29) is 0 Å². The van der Waals surface area contributed by atoms with Gasteiger partial charge in [0.1, 0.15) is 0 Å². The van der Waals surface area contributed by atoms with Crippen molar-refractivity contribution in [2.45, 2.75) is 32.4 Å². The first-order valence-electron chi connectivity index (χ1n) is 5.67. The molecule has 0 atom stereocenters. The summed E-state index contributed by atoms with van der Waals surface area (Å²) in [7, 11) is 0. The van der Waals surface area contributed by atoms with Crippen LogP contribution in [0.4, 0.5) is 0 Å². The maximum Gasteiger partial charge on any atom is 0.0992 e. The predicted octanol–water partition coefficient (Wildman–Crippen LogP) is 3.20. The molecule has 0 bridgehead atoms. The second kappa shape index (κ2) is 4.86. The smallest absolute Gasteiger partial charge is 0.0992 e. The third kappa shape index (κ3) is 2.55. The number of benzene rings is 1. The summed E-state index contributed by atoms with van der Waals surface area (Å²) in [5, 5.41) is 9.47. The number of nitrogens with zero attached hydrogens (tertiary/aromatic N) is 2. The SMILES string of the molecule is CCN(Cc1ccc(C#N)cc1Cl)C1CC1. The van der Waals surface area contributed by atoms with Crippen LogP contribution in [0.25, 0.3) is 0 Å². The number of rotatable bonds is 4. The summed E-state index contributed by atoms with van der Waals surface area (Å²) in [5.74, 6) is 0. The molecule has 1 fully saturated rings. The lowest BCUT2D eigenvalue weighted by atomic mass is 10.1. The molecule has 0 saturated heterocycles. The van der Waals surface area contributed by atoms with E-state index in [2.05, 4.69) is 17.9 Å². The highest BCUT2D eigenvalue weighted by atomic mass is 35.5. The van der Waals surface area contributed by atoms with Gasteiger partial charge in [-0.25, -0.2) is 0 Å². The van der Waals surface area contributed by atoms with Crippen molar-refractivity contribution in [1.29, 1.82) is 5.26 Å². The molecule has 1 aromatic rings. The Balaban J connectivity index is 2.11. The average Bonchev–Trinajstić information content (AvgIpc) is 3.11. The van der Waals surface area contributed by atoms with Crippen LogP contribution in [0.15, 0.2) is 18.2 Å². The highest BCUT2D eigenvalue weighted by molar-refractivity contribution is 6.31. The van der Waals surface area contributed by atoms with E-state index in [1.807, 2.05) is 12.1 Å². The van der Waals surface area contributed by atoms with Crippen LogP contribution in [0.2, 0.25) is 5.02 Å². The fraction of sp³-hybridized carbons (Fsp3) is 0.462. The molecule has 0 amide bonds. The van der Waals surface area contributed by atoms with Gasteiger partial charge in [-0.3, -0.25) is 4.90 Å². The fourth-order valence-electron chi connectivity index (χ4n) is 1.90. The van der Waals surface area contributed by atoms with Crippen LogP contribution in [0.1, 0.15) is 30.9 Å². The summed E-state index contributed by atoms with van der Waals surface area (Å²) in [6, 6.07) is 8.39. The molecular weight excluding hydrogens is 220 g/mol. The van der Waals surface area contributed by atoms with Gasteiger partial charge >= 0.3 is 0 Å². The van der Waals surface area contributed by atoms with E-state index in [0.717, 1.165) is 24.7 Å². The second-order valence-corrected chi connectivity index (χ2v) is 4.62. The Morgan fingerprint density at radius 2 is 2.25 bits per heavy atom. The molecule has 0 spiro atoms. The van der Waals surface area contributed by atoms with Gasteiger partial charge < -0.3 is 0 Å². The molecule has 0 aliphatic heterocycles. The van der Waals surface area contributed by atoms with Crippen molar-refractivity contribution in [2.24, 2.45) is 0 Å². The van der Waals surface area contributed by atoms with Gasteiger partial charge in [-0.15, -0.1) is 0 Å². The molecule has 2 nitrogen and oxygen atoms in total. The first-order chi connectivity index (χ1) is 7.74. The topological polar surface area (TPSA) is 27.0 Å². The molecule has 16 heavy (non-hydrogen) atoms. The summed E-state index contributed by atoms with van der Waals surface area (Å²) < 4.78 is 0. The van der Waals surface area contributed by atoms with Gasteiger partial charge in [0, 0.05) is 17.6 Å². The highest BCUT2D eigenvalue weighted by Gasteiger charge is 2.27. The van der Waals surface area contributed by atoms with Crippen molar-refractivity contribution in [2.75, 3.05) is 6.54 Å². The molecular formula is C13H15ClN2. The van der Waals surface area contributed by atoms with Crippen molar-refractivity contribution in [3.05, 3.63) is 34.3 Å². The van der Waals surface area contributed by atoms with Crippen LogP contribution < -0.4 is 0 Å². The molecule has 0 aromatic heterocycles. The maximum atomic E-state index is 8.76. The van der Waals surface area contributed by atoms with Crippen LogP contribution in [-0.4, -0.2) is 17.5 Å². The van der Waals surface area contributed by atoms with Gasteiger partial charge in [-0.05, 0) is 37.1 Å². The molecule has 0 N–H and O–H groups in total. The van der Waals surface area contributed by atoms with Gasteiger partial charge in [0.2, 0.25) is 0 Å². The third-order valence-corrected chi connectivity index (χ3v) is 3.38. The number of nitriles is 1. The number of halogens is 1. The van der Waals surface area contributed by atoms with E-state index in [4.69, 9.17) is 16.9 Å².